The molecular formula is C15H20ClNO4S. The van der Waals surface area contributed by atoms with Crippen molar-refractivity contribution in [3.63, 3.8) is 0 Å². The summed E-state index contributed by atoms with van der Waals surface area (Å²) in [5, 5.41) is 0.207. The van der Waals surface area contributed by atoms with Gasteiger partial charge in [0, 0.05) is 13.1 Å². The van der Waals surface area contributed by atoms with E-state index in [1.807, 2.05) is 6.92 Å². The summed E-state index contributed by atoms with van der Waals surface area (Å²) in [6.07, 6.45) is 1.28. The molecule has 0 saturated carbocycles. The minimum Gasteiger partial charge on any atom is -0.466 e. The van der Waals surface area contributed by atoms with Crippen LogP contribution in [0.4, 0.5) is 0 Å². The highest BCUT2D eigenvalue weighted by Crippen LogP contribution is 2.29. The van der Waals surface area contributed by atoms with Crippen LogP contribution in [0.1, 0.15) is 25.3 Å². The number of nitrogens with zero attached hydrogens (tertiary/aromatic N) is 1. The Morgan fingerprint density at radius 3 is 2.82 bits per heavy atom. The van der Waals surface area contributed by atoms with E-state index in [9.17, 15) is 13.2 Å². The molecule has 1 atom stereocenters. The predicted octanol–water partition coefficient (Wildman–Crippen LogP) is 2.61. The lowest BCUT2D eigenvalue weighted by Crippen LogP contribution is -2.42. The van der Waals surface area contributed by atoms with E-state index in [0.29, 0.717) is 26.0 Å². The van der Waals surface area contributed by atoms with E-state index in [1.54, 1.807) is 19.1 Å². The van der Waals surface area contributed by atoms with Gasteiger partial charge in [-0.25, -0.2) is 8.42 Å². The summed E-state index contributed by atoms with van der Waals surface area (Å²) >= 11 is 6.08. The molecule has 1 aliphatic heterocycles. The number of aryl methyl sites for hydroxylation is 1. The minimum absolute atomic E-state index is 0.0873. The van der Waals surface area contributed by atoms with Crippen molar-refractivity contribution in [2.75, 3.05) is 19.7 Å². The van der Waals surface area contributed by atoms with Gasteiger partial charge in [-0.3, -0.25) is 4.79 Å². The van der Waals surface area contributed by atoms with Crippen LogP contribution in [0.2, 0.25) is 5.02 Å². The van der Waals surface area contributed by atoms with Crippen LogP contribution >= 0.6 is 11.6 Å². The number of carbonyl (C=O) groups is 1. The number of hydrogen-bond acceptors (Lipinski definition) is 4. The molecule has 2 rings (SSSR count). The molecule has 0 aliphatic carbocycles. The van der Waals surface area contributed by atoms with Crippen molar-refractivity contribution in [2.24, 2.45) is 5.92 Å². The molecule has 1 fully saturated rings. The van der Waals surface area contributed by atoms with Crippen molar-refractivity contribution in [1.29, 1.82) is 0 Å². The lowest BCUT2D eigenvalue weighted by molar-refractivity contribution is -0.149. The molecule has 0 amide bonds. The molecule has 1 aliphatic rings. The largest absolute Gasteiger partial charge is 0.466 e. The highest BCUT2D eigenvalue weighted by atomic mass is 35.5. The summed E-state index contributed by atoms with van der Waals surface area (Å²) in [5.41, 5.74) is 0.895. The average Bonchev–Trinajstić information content (AvgIpc) is 2.47. The second-order valence-corrected chi connectivity index (χ2v) is 7.70. The van der Waals surface area contributed by atoms with Crippen LogP contribution in [0.5, 0.6) is 0 Å². The zero-order valence-electron chi connectivity index (χ0n) is 12.7. The van der Waals surface area contributed by atoms with Gasteiger partial charge in [0.1, 0.15) is 4.90 Å². The lowest BCUT2D eigenvalue weighted by atomic mass is 10.0. The first-order chi connectivity index (χ1) is 10.4. The molecule has 1 aromatic rings. The second kappa shape index (κ2) is 6.98. The Balaban J connectivity index is 2.23. The van der Waals surface area contributed by atoms with Gasteiger partial charge >= 0.3 is 5.97 Å². The third-order valence-electron chi connectivity index (χ3n) is 3.71. The van der Waals surface area contributed by atoms with Gasteiger partial charge in [0.05, 0.1) is 17.5 Å². The molecule has 0 spiro atoms. The van der Waals surface area contributed by atoms with E-state index in [2.05, 4.69) is 0 Å². The van der Waals surface area contributed by atoms with E-state index in [1.165, 1.54) is 10.4 Å². The highest BCUT2D eigenvalue weighted by Gasteiger charge is 2.34. The number of piperidine rings is 1. The number of benzene rings is 1. The molecule has 0 aromatic heterocycles. The fourth-order valence-corrected chi connectivity index (χ4v) is 4.66. The summed E-state index contributed by atoms with van der Waals surface area (Å²) < 4.78 is 31.8. The van der Waals surface area contributed by atoms with Gasteiger partial charge in [0.15, 0.2) is 0 Å². The molecule has 5 nitrogen and oxygen atoms in total. The SMILES string of the molecule is CCOC(=O)C1CCCN(S(=O)(=O)c2ccc(C)cc2Cl)C1. The third kappa shape index (κ3) is 3.62. The fraction of sp³-hybridized carbons (Fsp3) is 0.533. The minimum atomic E-state index is -3.70. The van der Waals surface area contributed by atoms with Gasteiger partial charge < -0.3 is 4.74 Å². The molecule has 1 heterocycles. The number of rotatable bonds is 4. The normalized spacial score (nSPS) is 19.9. The van der Waals surface area contributed by atoms with Gasteiger partial charge in [0.25, 0.3) is 0 Å². The zero-order valence-corrected chi connectivity index (χ0v) is 14.3. The lowest BCUT2D eigenvalue weighted by Gasteiger charge is -2.30. The summed E-state index contributed by atoms with van der Waals surface area (Å²) in [6.45, 7) is 4.42. The summed E-state index contributed by atoms with van der Waals surface area (Å²) in [7, 11) is -3.70. The van der Waals surface area contributed by atoms with Crippen LogP contribution in [-0.4, -0.2) is 38.4 Å². The Labute approximate surface area is 136 Å². The molecule has 7 heteroatoms. The van der Waals surface area contributed by atoms with Crippen molar-refractivity contribution in [1.82, 2.24) is 4.31 Å². The summed E-state index contributed by atoms with van der Waals surface area (Å²) in [6, 6.07) is 4.85. The summed E-state index contributed by atoms with van der Waals surface area (Å²) in [4.78, 5) is 11.9. The molecule has 122 valence electrons. The third-order valence-corrected chi connectivity index (χ3v) is 6.06. The highest BCUT2D eigenvalue weighted by molar-refractivity contribution is 7.89. The number of halogens is 1. The average molecular weight is 346 g/mol. The quantitative estimate of drug-likeness (QED) is 0.787. The molecule has 22 heavy (non-hydrogen) atoms. The fourth-order valence-electron chi connectivity index (χ4n) is 2.57. The van der Waals surface area contributed by atoms with Gasteiger partial charge in [-0.15, -0.1) is 0 Å². The van der Waals surface area contributed by atoms with Gasteiger partial charge in [-0.05, 0) is 44.4 Å². The number of hydrogen-bond donors (Lipinski definition) is 0. The Morgan fingerprint density at radius 1 is 1.45 bits per heavy atom. The van der Waals surface area contributed by atoms with E-state index < -0.39 is 15.9 Å². The number of sulfonamides is 1. The van der Waals surface area contributed by atoms with E-state index >= 15 is 0 Å². The van der Waals surface area contributed by atoms with Gasteiger partial charge in [-0.2, -0.15) is 4.31 Å². The monoisotopic (exact) mass is 345 g/mol. The Hall–Kier alpha value is -1.11. The summed E-state index contributed by atoms with van der Waals surface area (Å²) in [5.74, 6) is -0.745. The Morgan fingerprint density at radius 2 is 2.18 bits per heavy atom. The molecule has 1 aromatic carbocycles. The van der Waals surface area contributed by atoms with Crippen molar-refractivity contribution in [3.8, 4) is 0 Å². The Kier molecular flexibility index (Phi) is 5.47. The van der Waals surface area contributed by atoms with Crippen LogP contribution in [0.3, 0.4) is 0 Å². The zero-order chi connectivity index (χ0) is 16.3. The first-order valence-corrected chi connectivity index (χ1v) is 9.11. The maximum Gasteiger partial charge on any atom is 0.310 e. The number of esters is 1. The maximum atomic E-state index is 12.7. The standard InChI is InChI=1S/C15H20ClNO4S/c1-3-21-15(18)12-5-4-8-17(10-12)22(19,20)14-7-6-11(2)9-13(14)16/h6-7,9,12H,3-5,8,10H2,1-2H3. The van der Waals surface area contributed by atoms with Crippen LogP contribution in [0.25, 0.3) is 0 Å². The smallest absolute Gasteiger partial charge is 0.310 e. The topological polar surface area (TPSA) is 63.7 Å². The number of ether oxygens (including phenoxy) is 1. The number of carbonyl (C=O) groups excluding carboxylic acids is 1. The van der Waals surface area contributed by atoms with Crippen LogP contribution in [0.15, 0.2) is 23.1 Å². The van der Waals surface area contributed by atoms with Crippen molar-refractivity contribution in [3.05, 3.63) is 28.8 Å². The first-order valence-electron chi connectivity index (χ1n) is 7.29. The molecule has 1 unspecified atom stereocenters. The van der Waals surface area contributed by atoms with E-state index in [0.717, 1.165) is 5.56 Å². The second-order valence-electron chi connectivity index (χ2n) is 5.39. The van der Waals surface area contributed by atoms with Crippen molar-refractivity contribution in [2.45, 2.75) is 31.6 Å². The van der Waals surface area contributed by atoms with Crippen LogP contribution in [0, 0.1) is 12.8 Å². The van der Waals surface area contributed by atoms with Crippen molar-refractivity contribution >= 4 is 27.6 Å². The molecule has 0 bridgehead atoms. The van der Waals surface area contributed by atoms with E-state index in [4.69, 9.17) is 16.3 Å². The molecule has 1 saturated heterocycles. The van der Waals surface area contributed by atoms with Crippen LogP contribution < -0.4 is 0 Å². The predicted molar refractivity (Wildman–Crippen MR) is 84.3 cm³/mol. The van der Waals surface area contributed by atoms with Crippen molar-refractivity contribution < 1.29 is 17.9 Å². The Bertz CT molecular complexity index is 660. The molecule has 0 radical (unpaired) electrons. The van der Waals surface area contributed by atoms with E-state index in [-0.39, 0.29) is 22.4 Å². The van der Waals surface area contributed by atoms with Gasteiger partial charge in [0.2, 0.25) is 10.0 Å². The van der Waals surface area contributed by atoms with Crippen LogP contribution in [-0.2, 0) is 19.6 Å². The molecular weight excluding hydrogens is 326 g/mol. The molecule has 0 N–H and O–H groups in total. The maximum absolute atomic E-state index is 12.7. The van der Waals surface area contributed by atoms with Gasteiger partial charge in [-0.1, -0.05) is 17.7 Å². The first kappa shape index (κ1) is 17.2.